The monoisotopic (exact) mass is 194 g/mol. The molecule has 0 unspecified atom stereocenters. The fourth-order valence-electron chi connectivity index (χ4n) is 1.27. The summed E-state index contributed by atoms with van der Waals surface area (Å²) in [7, 11) is 3.63. The van der Waals surface area contributed by atoms with Gasteiger partial charge in [-0.15, -0.1) is 0 Å². The molecule has 0 aliphatic heterocycles. The number of benzene rings is 1. The lowest BCUT2D eigenvalue weighted by Gasteiger charge is -1.97. The Hall–Kier alpha value is -1.00. The normalized spacial score (nSPS) is 10.9. The van der Waals surface area contributed by atoms with Gasteiger partial charge in [-0.25, -0.2) is 4.98 Å². The molecule has 1 aromatic heterocycles. The van der Waals surface area contributed by atoms with E-state index in [1.165, 1.54) is 12.0 Å². The van der Waals surface area contributed by atoms with E-state index in [9.17, 15) is 0 Å². The molecule has 13 heavy (non-hydrogen) atoms. The lowest BCUT2D eigenvalue weighted by Crippen LogP contribution is -1.89. The van der Waals surface area contributed by atoms with Gasteiger partial charge in [-0.2, -0.15) is 0 Å². The molecule has 2 rings (SSSR count). The average Bonchev–Trinajstić information content (AvgIpc) is 2.46. The molecule has 68 valence electrons. The van der Waals surface area contributed by atoms with Crippen LogP contribution in [0, 0.1) is 0 Å². The van der Waals surface area contributed by atoms with Crippen molar-refractivity contribution in [1.82, 2.24) is 9.55 Å². The fraction of sp³-hybridized carbons (Fsp3) is 0.222. The Bertz CT molecular complexity index is 424. The Morgan fingerprint density at radius 3 is 2.85 bits per heavy atom. The van der Waals surface area contributed by atoms with Gasteiger partial charge in [-0.1, -0.05) is 12.1 Å². The third kappa shape index (κ3) is 1.43. The molecule has 0 aliphatic rings. The van der Waals surface area contributed by atoms with Crippen molar-refractivity contribution in [3.8, 4) is 0 Å². The Labute approximate surface area is 80.9 Å². The first-order valence-corrected chi connectivity index (χ1v) is 4.69. The number of rotatable bonds is 2. The minimum Gasteiger partial charge on any atom is -0.320 e. The van der Waals surface area contributed by atoms with Crippen LogP contribution in [0.25, 0.3) is 11.0 Å². The van der Waals surface area contributed by atoms with E-state index >= 15 is 0 Å². The maximum Gasteiger partial charge on any atom is 0.196 e. The Morgan fingerprint density at radius 1 is 1.38 bits per heavy atom. The summed E-state index contributed by atoms with van der Waals surface area (Å²) in [6, 6.07) is 8.03. The summed E-state index contributed by atoms with van der Waals surface area (Å²) >= 11 is 1.28. The molecule has 0 atom stereocenters. The van der Waals surface area contributed by atoms with Gasteiger partial charge in [0.1, 0.15) is 0 Å². The lowest BCUT2D eigenvalue weighted by molar-refractivity contribution is 0.484. The Kier molecular flexibility index (Phi) is 2.24. The highest BCUT2D eigenvalue weighted by atomic mass is 32.2. The van der Waals surface area contributed by atoms with Gasteiger partial charge < -0.3 is 8.75 Å². The minimum atomic E-state index is 0.878. The second kappa shape index (κ2) is 3.40. The van der Waals surface area contributed by atoms with Crippen LogP contribution >= 0.6 is 12.0 Å². The third-order valence-corrected chi connectivity index (χ3v) is 2.58. The van der Waals surface area contributed by atoms with Gasteiger partial charge in [0.15, 0.2) is 5.16 Å². The first-order valence-electron chi connectivity index (χ1n) is 3.95. The second-order valence-electron chi connectivity index (χ2n) is 2.69. The summed E-state index contributed by atoms with van der Waals surface area (Å²) in [6.45, 7) is 0. The van der Waals surface area contributed by atoms with Crippen LogP contribution in [0.4, 0.5) is 0 Å². The van der Waals surface area contributed by atoms with Gasteiger partial charge in [0.05, 0.1) is 30.2 Å². The first-order chi connectivity index (χ1) is 6.33. The third-order valence-electron chi connectivity index (χ3n) is 1.90. The molecule has 0 aliphatic carbocycles. The number of hydrogen-bond acceptors (Lipinski definition) is 3. The van der Waals surface area contributed by atoms with Crippen LogP contribution in [0.5, 0.6) is 0 Å². The predicted octanol–water partition coefficient (Wildman–Crippen LogP) is 2.23. The van der Waals surface area contributed by atoms with E-state index in [-0.39, 0.29) is 0 Å². The number of imidazole rings is 1. The van der Waals surface area contributed by atoms with E-state index in [0.29, 0.717) is 0 Å². The van der Waals surface area contributed by atoms with E-state index in [4.69, 9.17) is 4.18 Å². The maximum absolute atomic E-state index is 4.97. The molecule has 0 fully saturated rings. The van der Waals surface area contributed by atoms with Gasteiger partial charge >= 0.3 is 0 Å². The smallest absolute Gasteiger partial charge is 0.196 e. The highest BCUT2D eigenvalue weighted by Gasteiger charge is 2.06. The second-order valence-corrected chi connectivity index (χ2v) is 3.56. The van der Waals surface area contributed by atoms with Gasteiger partial charge in [0, 0.05) is 7.05 Å². The first kappa shape index (κ1) is 8.59. The number of aromatic nitrogens is 2. The molecule has 1 aromatic carbocycles. The predicted molar refractivity (Wildman–Crippen MR) is 53.6 cm³/mol. The summed E-state index contributed by atoms with van der Waals surface area (Å²) in [5, 5.41) is 0.878. The number of para-hydroxylation sites is 2. The van der Waals surface area contributed by atoms with Crippen LogP contribution in [0.15, 0.2) is 29.4 Å². The number of fused-ring (bicyclic) bond motifs is 1. The SMILES string of the molecule is COSc1nc2ccccc2n1C. The summed E-state index contributed by atoms with van der Waals surface area (Å²) in [5.41, 5.74) is 2.13. The van der Waals surface area contributed by atoms with E-state index in [1.54, 1.807) is 7.11 Å². The fourth-order valence-corrected chi connectivity index (χ4v) is 1.77. The van der Waals surface area contributed by atoms with Gasteiger partial charge in [-0.3, -0.25) is 0 Å². The zero-order valence-electron chi connectivity index (χ0n) is 7.52. The van der Waals surface area contributed by atoms with E-state index in [0.717, 1.165) is 16.2 Å². The van der Waals surface area contributed by atoms with Crippen LogP contribution in [0.2, 0.25) is 0 Å². The van der Waals surface area contributed by atoms with Crippen molar-refractivity contribution in [2.24, 2.45) is 7.05 Å². The van der Waals surface area contributed by atoms with Crippen molar-refractivity contribution >= 4 is 23.1 Å². The number of aryl methyl sites for hydroxylation is 1. The van der Waals surface area contributed by atoms with Gasteiger partial charge in [0.2, 0.25) is 0 Å². The topological polar surface area (TPSA) is 27.1 Å². The van der Waals surface area contributed by atoms with Crippen LogP contribution in [0.3, 0.4) is 0 Å². The molecule has 0 spiro atoms. The summed E-state index contributed by atoms with van der Waals surface area (Å²) in [4.78, 5) is 4.40. The van der Waals surface area contributed by atoms with Crippen molar-refractivity contribution in [3.63, 3.8) is 0 Å². The van der Waals surface area contributed by atoms with Crippen LogP contribution in [-0.4, -0.2) is 16.7 Å². The largest absolute Gasteiger partial charge is 0.320 e. The molecule has 1 heterocycles. The van der Waals surface area contributed by atoms with Crippen molar-refractivity contribution in [2.45, 2.75) is 5.16 Å². The van der Waals surface area contributed by atoms with Crippen molar-refractivity contribution in [2.75, 3.05) is 7.11 Å². The molecule has 0 radical (unpaired) electrons. The van der Waals surface area contributed by atoms with Crippen molar-refractivity contribution < 1.29 is 4.18 Å². The molecule has 0 saturated heterocycles. The number of nitrogens with zero attached hydrogens (tertiary/aromatic N) is 2. The number of hydrogen-bond donors (Lipinski definition) is 0. The Morgan fingerprint density at radius 2 is 2.15 bits per heavy atom. The maximum atomic E-state index is 4.97. The zero-order valence-corrected chi connectivity index (χ0v) is 8.34. The molecule has 3 nitrogen and oxygen atoms in total. The van der Waals surface area contributed by atoms with Crippen LogP contribution in [-0.2, 0) is 11.2 Å². The van der Waals surface area contributed by atoms with E-state index in [2.05, 4.69) is 4.98 Å². The van der Waals surface area contributed by atoms with Crippen molar-refractivity contribution in [3.05, 3.63) is 24.3 Å². The summed E-state index contributed by atoms with van der Waals surface area (Å²) < 4.78 is 6.99. The standard InChI is InChI=1S/C9H10N2OS/c1-11-8-6-4-3-5-7(8)10-9(11)13-12-2/h3-6H,1-2H3. The van der Waals surface area contributed by atoms with Gasteiger partial charge in [-0.05, 0) is 12.1 Å². The lowest BCUT2D eigenvalue weighted by atomic mass is 10.3. The quantitative estimate of drug-likeness (QED) is 0.686. The van der Waals surface area contributed by atoms with Gasteiger partial charge in [0.25, 0.3) is 0 Å². The zero-order chi connectivity index (χ0) is 9.26. The summed E-state index contributed by atoms with van der Waals surface area (Å²) in [5.74, 6) is 0. The Balaban J connectivity index is 2.60. The van der Waals surface area contributed by atoms with Crippen molar-refractivity contribution in [1.29, 1.82) is 0 Å². The minimum absolute atomic E-state index is 0.878. The molecule has 4 heteroatoms. The molecule has 0 bridgehead atoms. The molecular formula is C9H10N2OS. The van der Waals surface area contributed by atoms with Crippen LogP contribution in [0.1, 0.15) is 0 Å². The molecule has 0 amide bonds. The highest BCUT2D eigenvalue weighted by molar-refractivity contribution is 7.94. The van der Waals surface area contributed by atoms with E-state index in [1.807, 2.05) is 35.9 Å². The molecule has 0 N–H and O–H groups in total. The molecule has 0 saturated carbocycles. The van der Waals surface area contributed by atoms with E-state index < -0.39 is 0 Å². The highest BCUT2D eigenvalue weighted by Crippen LogP contribution is 2.22. The van der Waals surface area contributed by atoms with Crippen LogP contribution < -0.4 is 0 Å². The average molecular weight is 194 g/mol. The molecule has 2 aromatic rings. The summed E-state index contributed by atoms with van der Waals surface area (Å²) in [6.07, 6.45) is 0. The molecular weight excluding hydrogens is 184 g/mol.